The van der Waals surface area contributed by atoms with E-state index in [1.807, 2.05) is 11.0 Å². The minimum Gasteiger partial charge on any atom is -0.447 e. The van der Waals surface area contributed by atoms with E-state index in [0.717, 1.165) is 42.8 Å². The second-order valence-corrected chi connectivity index (χ2v) is 6.44. The molecule has 0 saturated heterocycles. The molecule has 0 unspecified atom stereocenters. The van der Waals surface area contributed by atoms with E-state index in [0.29, 0.717) is 18.2 Å². The fraction of sp³-hybridized carbons (Fsp3) is 0.333. The van der Waals surface area contributed by atoms with Gasteiger partial charge in [-0.15, -0.1) is 0 Å². The maximum atomic E-state index is 12.8. The van der Waals surface area contributed by atoms with Crippen LogP contribution in [-0.2, 0) is 13.0 Å². The summed E-state index contributed by atoms with van der Waals surface area (Å²) < 4.78 is 5.45. The predicted octanol–water partition coefficient (Wildman–Crippen LogP) is 3.23. The van der Waals surface area contributed by atoms with Gasteiger partial charge in [-0.25, -0.2) is 4.98 Å². The van der Waals surface area contributed by atoms with Crippen molar-refractivity contribution in [3.8, 4) is 0 Å². The molecule has 116 valence electrons. The van der Waals surface area contributed by atoms with Gasteiger partial charge in [-0.2, -0.15) is 0 Å². The van der Waals surface area contributed by atoms with Crippen molar-refractivity contribution in [2.24, 2.45) is 0 Å². The molecule has 3 aromatic rings. The number of oxazole rings is 1. The molecule has 0 radical (unpaired) electrons. The number of aromatic amines is 1. The number of amides is 1. The van der Waals surface area contributed by atoms with Crippen LogP contribution in [0.15, 0.2) is 35.1 Å². The molecule has 2 aromatic heterocycles. The van der Waals surface area contributed by atoms with Gasteiger partial charge in [0.05, 0.1) is 6.54 Å². The normalized spacial score (nSPS) is 17.5. The first kappa shape index (κ1) is 12.9. The number of aromatic nitrogens is 2. The molecular formula is C18H17N3O2. The van der Waals surface area contributed by atoms with Crippen LogP contribution in [0.5, 0.6) is 0 Å². The fourth-order valence-corrected chi connectivity index (χ4v) is 3.57. The number of carbonyl (C=O) groups excluding carboxylic acids is 1. The molecule has 1 aliphatic heterocycles. The van der Waals surface area contributed by atoms with Gasteiger partial charge in [0.2, 0.25) is 0 Å². The molecule has 5 rings (SSSR count). The smallest absolute Gasteiger partial charge is 0.276 e. The van der Waals surface area contributed by atoms with E-state index in [1.165, 1.54) is 17.3 Å². The van der Waals surface area contributed by atoms with Crippen molar-refractivity contribution >= 4 is 16.8 Å². The first-order chi connectivity index (χ1) is 11.3. The molecule has 23 heavy (non-hydrogen) atoms. The third-order valence-electron chi connectivity index (χ3n) is 4.92. The van der Waals surface area contributed by atoms with Crippen LogP contribution in [0.2, 0.25) is 0 Å². The first-order valence-electron chi connectivity index (χ1n) is 8.12. The van der Waals surface area contributed by atoms with Gasteiger partial charge >= 0.3 is 0 Å². The Labute approximate surface area is 133 Å². The Hall–Kier alpha value is -2.56. The average Bonchev–Trinajstić information content (AvgIpc) is 3.19. The number of rotatable bonds is 2. The zero-order valence-corrected chi connectivity index (χ0v) is 12.7. The zero-order chi connectivity index (χ0) is 15.4. The van der Waals surface area contributed by atoms with Gasteiger partial charge < -0.3 is 14.3 Å². The van der Waals surface area contributed by atoms with Crippen molar-refractivity contribution in [2.75, 3.05) is 6.54 Å². The van der Waals surface area contributed by atoms with Crippen LogP contribution in [0, 0.1) is 0 Å². The Kier molecular flexibility index (Phi) is 2.65. The predicted molar refractivity (Wildman–Crippen MR) is 85.2 cm³/mol. The van der Waals surface area contributed by atoms with Crippen LogP contribution >= 0.6 is 0 Å². The van der Waals surface area contributed by atoms with Crippen molar-refractivity contribution in [1.82, 2.24) is 14.9 Å². The summed E-state index contributed by atoms with van der Waals surface area (Å²) in [5.41, 5.74) is 4.13. The number of hydrogen-bond acceptors (Lipinski definition) is 3. The molecule has 0 spiro atoms. The lowest BCUT2D eigenvalue weighted by Gasteiger charge is -2.26. The van der Waals surface area contributed by atoms with Gasteiger partial charge in [0, 0.05) is 29.1 Å². The second kappa shape index (κ2) is 4.72. The maximum absolute atomic E-state index is 12.8. The van der Waals surface area contributed by atoms with Crippen molar-refractivity contribution in [2.45, 2.75) is 31.7 Å². The van der Waals surface area contributed by atoms with Crippen molar-refractivity contribution in [1.29, 1.82) is 0 Å². The summed E-state index contributed by atoms with van der Waals surface area (Å²) >= 11 is 0. The summed E-state index contributed by atoms with van der Waals surface area (Å²) in [5, 5.41) is 1.27. The highest BCUT2D eigenvalue weighted by molar-refractivity contribution is 5.94. The summed E-state index contributed by atoms with van der Waals surface area (Å²) in [5.74, 6) is 1.16. The minimum atomic E-state index is -0.00930. The fourth-order valence-electron chi connectivity index (χ4n) is 3.57. The third-order valence-corrected chi connectivity index (χ3v) is 4.92. The molecule has 1 amide bonds. The van der Waals surface area contributed by atoms with Crippen LogP contribution in [0.25, 0.3) is 10.9 Å². The van der Waals surface area contributed by atoms with Gasteiger partial charge in [-0.3, -0.25) is 4.79 Å². The number of nitrogens with one attached hydrogen (secondary N) is 1. The van der Waals surface area contributed by atoms with Crippen LogP contribution in [-0.4, -0.2) is 27.3 Å². The summed E-state index contributed by atoms with van der Waals surface area (Å²) in [7, 11) is 0. The van der Waals surface area contributed by atoms with Crippen LogP contribution < -0.4 is 0 Å². The third kappa shape index (κ3) is 2.00. The van der Waals surface area contributed by atoms with E-state index in [9.17, 15) is 4.79 Å². The van der Waals surface area contributed by atoms with Crippen LogP contribution in [0.1, 0.15) is 46.3 Å². The number of hydrogen-bond donors (Lipinski definition) is 1. The zero-order valence-electron chi connectivity index (χ0n) is 12.7. The van der Waals surface area contributed by atoms with Gasteiger partial charge in [-0.1, -0.05) is 18.2 Å². The molecule has 1 aromatic carbocycles. The second-order valence-electron chi connectivity index (χ2n) is 6.44. The molecular weight excluding hydrogens is 290 g/mol. The average molecular weight is 307 g/mol. The molecule has 5 nitrogen and oxygen atoms in total. The molecule has 1 N–H and O–H groups in total. The number of carbonyl (C=O) groups is 1. The van der Waals surface area contributed by atoms with Gasteiger partial charge in [0.25, 0.3) is 5.91 Å². The topological polar surface area (TPSA) is 62.1 Å². The van der Waals surface area contributed by atoms with Crippen molar-refractivity contribution < 1.29 is 9.21 Å². The van der Waals surface area contributed by atoms with E-state index in [4.69, 9.17) is 4.42 Å². The standard InChI is InChI=1S/C18H17N3O2/c22-18(16-17(11-5-6-11)23-10-19-16)21-8-7-13-12-3-1-2-4-14(12)20-15(13)9-21/h1-4,10-11,20H,5-9H2. The van der Waals surface area contributed by atoms with Gasteiger partial charge in [-0.05, 0) is 30.9 Å². The molecule has 1 fully saturated rings. The number of H-pyrrole nitrogens is 1. The Morgan fingerprint density at radius 2 is 2.17 bits per heavy atom. The summed E-state index contributed by atoms with van der Waals surface area (Å²) in [6.45, 7) is 1.34. The maximum Gasteiger partial charge on any atom is 0.276 e. The summed E-state index contributed by atoms with van der Waals surface area (Å²) in [4.78, 5) is 22.3. The highest BCUT2D eigenvalue weighted by Crippen LogP contribution is 2.41. The van der Waals surface area contributed by atoms with E-state index in [-0.39, 0.29) is 5.91 Å². The van der Waals surface area contributed by atoms with Gasteiger partial charge in [0.15, 0.2) is 12.1 Å². The summed E-state index contributed by atoms with van der Waals surface area (Å²) in [6.07, 6.45) is 4.48. The van der Waals surface area contributed by atoms with Crippen molar-refractivity contribution in [3.05, 3.63) is 53.4 Å². The molecule has 0 atom stereocenters. The number of nitrogens with zero attached hydrogens (tertiary/aromatic N) is 2. The molecule has 2 aliphatic rings. The number of para-hydroxylation sites is 1. The first-order valence-corrected chi connectivity index (χ1v) is 8.12. The molecule has 5 heteroatoms. The highest BCUT2D eigenvalue weighted by atomic mass is 16.3. The lowest BCUT2D eigenvalue weighted by Crippen LogP contribution is -2.36. The monoisotopic (exact) mass is 307 g/mol. The molecule has 3 heterocycles. The molecule has 0 bridgehead atoms. The van der Waals surface area contributed by atoms with Crippen LogP contribution in [0.4, 0.5) is 0 Å². The largest absolute Gasteiger partial charge is 0.447 e. The Balaban J connectivity index is 1.46. The van der Waals surface area contributed by atoms with E-state index >= 15 is 0 Å². The van der Waals surface area contributed by atoms with E-state index in [2.05, 4.69) is 28.2 Å². The lowest BCUT2D eigenvalue weighted by molar-refractivity contribution is 0.0725. The van der Waals surface area contributed by atoms with E-state index < -0.39 is 0 Å². The van der Waals surface area contributed by atoms with Crippen molar-refractivity contribution in [3.63, 3.8) is 0 Å². The highest BCUT2D eigenvalue weighted by Gasteiger charge is 2.35. The Bertz CT molecular complexity index is 904. The quantitative estimate of drug-likeness (QED) is 0.790. The lowest BCUT2D eigenvalue weighted by atomic mass is 10.0. The SMILES string of the molecule is O=C(c1ncoc1C1CC1)N1CCc2c([nH]c3ccccc23)C1. The Morgan fingerprint density at radius 3 is 3.04 bits per heavy atom. The van der Waals surface area contributed by atoms with Gasteiger partial charge in [0.1, 0.15) is 5.76 Å². The molecule has 1 saturated carbocycles. The summed E-state index contributed by atoms with van der Waals surface area (Å²) in [6, 6.07) is 8.32. The van der Waals surface area contributed by atoms with Crippen LogP contribution in [0.3, 0.4) is 0 Å². The number of benzene rings is 1. The van der Waals surface area contributed by atoms with E-state index in [1.54, 1.807) is 0 Å². The minimum absolute atomic E-state index is 0.00930. The number of fused-ring (bicyclic) bond motifs is 3. The Morgan fingerprint density at radius 1 is 1.30 bits per heavy atom. The molecule has 1 aliphatic carbocycles.